The number of anilines is 3. The second-order valence-corrected chi connectivity index (χ2v) is 9.15. The molecule has 2 N–H and O–H groups in total. The van der Waals surface area contributed by atoms with E-state index < -0.39 is 0 Å². The lowest BCUT2D eigenvalue weighted by Gasteiger charge is -2.32. The number of aliphatic hydroxyl groups excluding tert-OH is 1. The number of benzene rings is 1. The fourth-order valence-electron chi connectivity index (χ4n) is 3.32. The molecular formula is C20H24N6OS. The van der Waals surface area contributed by atoms with Gasteiger partial charge in [-0.05, 0) is 31.0 Å². The highest BCUT2D eigenvalue weighted by Gasteiger charge is 2.21. The van der Waals surface area contributed by atoms with Crippen LogP contribution in [0.4, 0.5) is 16.5 Å². The lowest BCUT2D eigenvalue weighted by atomic mass is 9.93. The minimum atomic E-state index is -0.231. The second-order valence-electron chi connectivity index (χ2n) is 8.20. The third kappa shape index (κ3) is 3.68. The molecule has 28 heavy (non-hydrogen) atoms. The maximum Gasteiger partial charge on any atom is 0.214 e. The maximum absolute atomic E-state index is 9.70. The molecule has 3 heterocycles. The van der Waals surface area contributed by atoms with Gasteiger partial charge in [0.1, 0.15) is 6.07 Å². The van der Waals surface area contributed by atoms with Crippen molar-refractivity contribution in [3.05, 3.63) is 35.7 Å². The first kappa shape index (κ1) is 18.7. The summed E-state index contributed by atoms with van der Waals surface area (Å²) >= 11 is 1.48. The average molecular weight is 397 g/mol. The molecule has 8 heteroatoms. The summed E-state index contributed by atoms with van der Waals surface area (Å²) in [5.74, 6) is 0. The fourth-order valence-corrected chi connectivity index (χ4v) is 4.12. The number of fused-ring (bicyclic) bond motifs is 1. The van der Waals surface area contributed by atoms with Crippen LogP contribution < -0.4 is 10.2 Å². The topological polar surface area (TPSA) is 89.5 Å². The Morgan fingerprint density at radius 2 is 2.04 bits per heavy atom. The van der Waals surface area contributed by atoms with Crippen molar-refractivity contribution in [2.75, 3.05) is 23.3 Å². The van der Waals surface area contributed by atoms with Crippen LogP contribution in [-0.2, 0) is 5.41 Å². The van der Waals surface area contributed by atoms with Crippen molar-refractivity contribution in [3.63, 3.8) is 0 Å². The molecule has 0 amide bonds. The summed E-state index contributed by atoms with van der Waals surface area (Å²) in [5, 5.41) is 27.9. The maximum atomic E-state index is 9.70. The summed E-state index contributed by atoms with van der Waals surface area (Å²) in [6, 6.07) is 8.08. The van der Waals surface area contributed by atoms with E-state index in [2.05, 4.69) is 47.1 Å². The molecule has 1 aromatic carbocycles. The molecule has 146 valence electrons. The molecule has 0 unspecified atom stereocenters. The number of nitrogens with one attached hydrogen (secondary N) is 1. The van der Waals surface area contributed by atoms with E-state index in [-0.39, 0.29) is 11.5 Å². The van der Waals surface area contributed by atoms with Gasteiger partial charge in [0.05, 0.1) is 29.2 Å². The average Bonchev–Trinajstić information content (AvgIpc) is 3.21. The third-order valence-electron chi connectivity index (χ3n) is 4.99. The van der Waals surface area contributed by atoms with Gasteiger partial charge in [0.2, 0.25) is 10.1 Å². The fraction of sp³-hybridized carbons (Fsp3) is 0.450. The first-order chi connectivity index (χ1) is 13.3. The number of aliphatic hydroxyl groups is 1. The number of piperidine rings is 1. The summed E-state index contributed by atoms with van der Waals surface area (Å²) in [7, 11) is 0. The van der Waals surface area contributed by atoms with Gasteiger partial charge in [-0.3, -0.25) is 0 Å². The van der Waals surface area contributed by atoms with E-state index >= 15 is 0 Å². The zero-order valence-corrected chi connectivity index (χ0v) is 17.1. The minimum Gasteiger partial charge on any atom is -0.393 e. The predicted octanol–water partition coefficient (Wildman–Crippen LogP) is 3.66. The first-order valence-corrected chi connectivity index (χ1v) is 10.3. The van der Waals surface area contributed by atoms with Gasteiger partial charge >= 0.3 is 0 Å². The normalized spacial score (nSPS) is 15.8. The molecule has 4 rings (SSSR count). The van der Waals surface area contributed by atoms with Crippen LogP contribution in [0.5, 0.6) is 0 Å². The van der Waals surface area contributed by atoms with E-state index in [4.69, 9.17) is 0 Å². The Kier molecular flexibility index (Phi) is 4.73. The molecule has 1 saturated heterocycles. The van der Waals surface area contributed by atoms with Crippen molar-refractivity contribution < 1.29 is 5.11 Å². The number of hydrogen-bond donors (Lipinski definition) is 2. The number of imidazole rings is 1. The molecule has 7 nitrogen and oxygen atoms in total. The van der Waals surface area contributed by atoms with Crippen LogP contribution in [0.25, 0.3) is 4.96 Å². The monoisotopic (exact) mass is 396 g/mol. The van der Waals surface area contributed by atoms with Crippen LogP contribution in [0.2, 0.25) is 0 Å². The second kappa shape index (κ2) is 7.08. The number of nitriles is 1. The molecule has 1 aliphatic rings. The lowest BCUT2D eigenvalue weighted by Crippen LogP contribution is -2.36. The number of rotatable bonds is 3. The van der Waals surface area contributed by atoms with Gasteiger partial charge in [0.25, 0.3) is 0 Å². The van der Waals surface area contributed by atoms with Crippen molar-refractivity contribution in [1.82, 2.24) is 14.6 Å². The van der Waals surface area contributed by atoms with Crippen molar-refractivity contribution in [1.29, 1.82) is 5.26 Å². The van der Waals surface area contributed by atoms with Gasteiger partial charge in [0.15, 0.2) is 0 Å². The van der Waals surface area contributed by atoms with E-state index in [0.29, 0.717) is 5.56 Å². The number of hydrogen-bond acceptors (Lipinski definition) is 7. The Hall–Kier alpha value is -2.63. The molecule has 0 saturated carbocycles. The molecule has 0 spiro atoms. The number of nitrogens with zero attached hydrogens (tertiary/aromatic N) is 5. The highest BCUT2D eigenvalue weighted by atomic mass is 32.1. The van der Waals surface area contributed by atoms with Crippen LogP contribution in [0.15, 0.2) is 24.4 Å². The van der Waals surface area contributed by atoms with Crippen LogP contribution in [-0.4, -0.2) is 38.9 Å². The van der Waals surface area contributed by atoms with Gasteiger partial charge in [-0.2, -0.15) is 5.26 Å². The Labute approximate surface area is 168 Å². The van der Waals surface area contributed by atoms with Crippen molar-refractivity contribution in [2.24, 2.45) is 0 Å². The highest BCUT2D eigenvalue weighted by Crippen LogP contribution is 2.30. The molecule has 1 fully saturated rings. The van der Waals surface area contributed by atoms with Crippen molar-refractivity contribution in [3.8, 4) is 6.07 Å². The van der Waals surface area contributed by atoms with Gasteiger partial charge in [-0.15, -0.1) is 5.10 Å². The van der Waals surface area contributed by atoms with E-state index in [9.17, 15) is 10.4 Å². The van der Waals surface area contributed by atoms with Crippen LogP contribution >= 0.6 is 11.3 Å². The van der Waals surface area contributed by atoms with Gasteiger partial charge < -0.3 is 15.3 Å². The minimum absolute atomic E-state index is 0.0109. The van der Waals surface area contributed by atoms with Gasteiger partial charge in [-0.1, -0.05) is 32.1 Å². The smallest absolute Gasteiger partial charge is 0.214 e. The Balaban J connectivity index is 1.54. The molecule has 3 aromatic rings. The van der Waals surface area contributed by atoms with Crippen LogP contribution in [0, 0.1) is 11.3 Å². The standard InChI is InChI=1S/C20H24N6OS/c1-20(2,3)17-12-26-19(23-17)28-18(24-26)22-14-4-5-16(13(10-14)11-21)25-8-6-15(27)7-9-25/h4-5,10,12,15,27H,6-9H2,1-3H3,(H,22,24). The van der Waals surface area contributed by atoms with Crippen LogP contribution in [0.3, 0.4) is 0 Å². The lowest BCUT2D eigenvalue weighted by molar-refractivity contribution is 0.145. The quantitative estimate of drug-likeness (QED) is 0.702. The Morgan fingerprint density at radius 1 is 1.29 bits per heavy atom. The summed E-state index contributed by atoms with van der Waals surface area (Å²) < 4.78 is 1.80. The zero-order chi connectivity index (χ0) is 19.9. The predicted molar refractivity (Wildman–Crippen MR) is 111 cm³/mol. The van der Waals surface area contributed by atoms with Crippen LogP contribution in [0.1, 0.15) is 44.9 Å². The molecule has 0 radical (unpaired) electrons. The Morgan fingerprint density at radius 3 is 2.68 bits per heavy atom. The molecule has 0 atom stereocenters. The molecular weight excluding hydrogens is 372 g/mol. The van der Waals surface area contributed by atoms with Crippen molar-refractivity contribution in [2.45, 2.75) is 45.1 Å². The first-order valence-electron chi connectivity index (χ1n) is 9.44. The largest absolute Gasteiger partial charge is 0.393 e. The summed E-state index contributed by atoms with van der Waals surface area (Å²) in [6.45, 7) is 7.93. The molecule has 1 aliphatic heterocycles. The SMILES string of the molecule is CC(C)(C)c1cn2nc(Nc3ccc(N4CCC(O)CC4)c(C#N)c3)sc2n1. The summed E-state index contributed by atoms with van der Waals surface area (Å²) in [4.78, 5) is 7.67. The van der Waals surface area contributed by atoms with E-state index in [1.165, 1.54) is 11.3 Å². The van der Waals surface area contributed by atoms with E-state index in [0.717, 1.165) is 53.1 Å². The Bertz CT molecular complexity index is 1000. The van der Waals surface area contributed by atoms with Gasteiger partial charge in [-0.25, -0.2) is 9.50 Å². The summed E-state index contributed by atoms with van der Waals surface area (Å²) in [5.41, 5.74) is 3.37. The molecule has 0 bridgehead atoms. The van der Waals surface area contributed by atoms with E-state index in [1.54, 1.807) is 4.52 Å². The number of aromatic nitrogens is 3. The van der Waals surface area contributed by atoms with Crippen molar-refractivity contribution >= 4 is 32.8 Å². The molecule has 0 aliphatic carbocycles. The summed E-state index contributed by atoms with van der Waals surface area (Å²) in [6.07, 6.45) is 3.21. The molecule has 2 aromatic heterocycles. The van der Waals surface area contributed by atoms with E-state index in [1.807, 2.05) is 24.4 Å². The van der Waals surface area contributed by atoms with Gasteiger partial charge in [0, 0.05) is 24.2 Å². The zero-order valence-electron chi connectivity index (χ0n) is 16.3. The highest BCUT2D eigenvalue weighted by molar-refractivity contribution is 7.20. The third-order valence-corrected chi connectivity index (χ3v) is 5.82.